The molecule has 0 aromatic heterocycles. The summed E-state index contributed by atoms with van der Waals surface area (Å²) in [4.78, 5) is 0. The third-order valence-corrected chi connectivity index (χ3v) is 1.43. The van der Waals surface area contributed by atoms with Crippen molar-refractivity contribution in [1.82, 2.24) is 0 Å². The summed E-state index contributed by atoms with van der Waals surface area (Å²) in [5.41, 5.74) is 5.29. The van der Waals surface area contributed by atoms with Crippen molar-refractivity contribution in [2.45, 2.75) is 0 Å². The van der Waals surface area contributed by atoms with Crippen molar-refractivity contribution in [3.05, 3.63) is 24.3 Å². The van der Waals surface area contributed by atoms with Crippen LogP contribution in [0, 0.1) is 0 Å². The van der Waals surface area contributed by atoms with Crippen LogP contribution in [0.25, 0.3) is 0 Å². The molecule has 0 fully saturated rings. The first kappa shape index (κ1) is 8.87. The number of nitrogens with two attached hydrogens (primary N) is 1. The van der Waals surface area contributed by atoms with E-state index in [1.807, 2.05) is 24.3 Å². The lowest BCUT2D eigenvalue weighted by molar-refractivity contribution is 0.325. The number of benzene rings is 1. The molecule has 0 saturated carbocycles. The van der Waals surface area contributed by atoms with Crippen LogP contribution in [0.3, 0.4) is 0 Å². The van der Waals surface area contributed by atoms with Crippen LogP contribution in [0.4, 0.5) is 0 Å². The normalized spacial score (nSPS) is 9.50. The molecule has 2 N–H and O–H groups in total. The van der Waals surface area contributed by atoms with Crippen molar-refractivity contribution in [3.8, 4) is 11.5 Å². The minimum absolute atomic E-state index is 0.525. The summed E-state index contributed by atoms with van der Waals surface area (Å²) in [5.74, 6) is 1.59. The molecule has 3 heteroatoms. The number of hydrogen-bond donors (Lipinski definition) is 1. The van der Waals surface area contributed by atoms with E-state index in [2.05, 4.69) is 0 Å². The molecule has 0 unspecified atom stereocenters. The van der Waals surface area contributed by atoms with Gasteiger partial charge in [-0.05, 0) is 12.1 Å². The molecule has 0 bridgehead atoms. The molecular weight excluding hydrogens is 154 g/mol. The molecule has 0 radical (unpaired) electrons. The summed E-state index contributed by atoms with van der Waals surface area (Å²) in [6.45, 7) is 1.06. The lowest BCUT2D eigenvalue weighted by atomic mass is 10.3. The van der Waals surface area contributed by atoms with Crippen molar-refractivity contribution < 1.29 is 9.47 Å². The van der Waals surface area contributed by atoms with Crippen molar-refractivity contribution in [2.75, 3.05) is 20.3 Å². The molecule has 0 aliphatic carbocycles. The Labute approximate surface area is 72.1 Å². The van der Waals surface area contributed by atoms with Gasteiger partial charge in [0.2, 0.25) is 0 Å². The van der Waals surface area contributed by atoms with Crippen LogP contribution >= 0.6 is 0 Å². The van der Waals surface area contributed by atoms with Crippen LogP contribution < -0.4 is 15.2 Å². The lowest BCUT2D eigenvalue weighted by Gasteiger charge is -2.05. The monoisotopic (exact) mass is 167 g/mol. The first-order valence-electron chi connectivity index (χ1n) is 3.83. The summed E-state index contributed by atoms with van der Waals surface area (Å²) >= 11 is 0. The van der Waals surface area contributed by atoms with Crippen LogP contribution in [0.1, 0.15) is 0 Å². The van der Waals surface area contributed by atoms with Crippen LogP contribution in [0.5, 0.6) is 11.5 Å². The number of rotatable bonds is 4. The third kappa shape index (κ3) is 2.43. The zero-order valence-corrected chi connectivity index (χ0v) is 7.12. The van der Waals surface area contributed by atoms with Gasteiger partial charge >= 0.3 is 0 Å². The SMILES string of the molecule is COc1cccc(OCCN)c1. The Bertz CT molecular complexity index is 238. The van der Waals surface area contributed by atoms with Crippen LogP contribution in [-0.2, 0) is 0 Å². The molecule has 1 rings (SSSR count). The van der Waals surface area contributed by atoms with Crippen molar-refractivity contribution in [1.29, 1.82) is 0 Å². The van der Waals surface area contributed by atoms with Gasteiger partial charge in [-0.3, -0.25) is 0 Å². The van der Waals surface area contributed by atoms with Crippen molar-refractivity contribution in [3.63, 3.8) is 0 Å². The molecule has 1 aromatic rings. The summed E-state index contributed by atoms with van der Waals surface area (Å²) in [7, 11) is 1.63. The quantitative estimate of drug-likeness (QED) is 0.728. The maximum atomic E-state index is 5.29. The average Bonchev–Trinajstić information content (AvgIpc) is 2.15. The molecule has 0 atom stereocenters. The Balaban J connectivity index is 2.60. The molecular formula is C9H13NO2. The molecule has 3 nitrogen and oxygen atoms in total. The summed E-state index contributed by atoms with van der Waals surface area (Å²) in [6, 6.07) is 7.45. The number of hydrogen-bond acceptors (Lipinski definition) is 3. The second-order valence-electron chi connectivity index (χ2n) is 2.32. The molecule has 0 amide bonds. The molecule has 0 heterocycles. The van der Waals surface area contributed by atoms with Gasteiger partial charge in [-0.15, -0.1) is 0 Å². The van der Waals surface area contributed by atoms with E-state index in [1.165, 1.54) is 0 Å². The molecule has 0 spiro atoms. The molecule has 0 saturated heterocycles. The second-order valence-corrected chi connectivity index (χ2v) is 2.32. The van der Waals surface area contributed by atoms with E-state index in [-0.39, 0.29) is 0 Å². The molecule has 0 aliphatic heterocycles. The highest BCUT2D eigenvalue weighted by Crippen LogP contribution is 2.18. The Morgan fingerprint density at radius 2 is 2.08 bits per heavy atom. The minimum atomic E-state index is 0.525. The first-order chi connectivity index (χ1) is 5.86. The fraction of sp³-hybridized carbons (Fsp3) is 0.333. The smallest absolute Gasteiger partial charge is 0.123 e. The highest BCUT2D eigenvalue weighted by atomic mass is 16.5. The number of methoxy groups -OCH3 is 1. The Morgan fingerprint density at radius 1 is 1.33 bits per heavy atom. The predicted molar refractivity (Wildman–Crippen MR) is 47.5 cm³/mol. The van der Waals surface area contributed by atoms with Gasteiger partial charge in [0.15, 0.2) is 0 Å². The Kier molecular flexibility index (Phi) is 3.41. The van der Waals surface area contributed by atoms with Gasteiger partial charge in [0.05, 0.1) is 7.11 Å². The van der Waals surface area contributed by atoms with E-state index in [1.54, 1.807) is 7.11 Å². The van der Waals surface area contributed by atoms with Gasteiger partial charge in [0.25, 0.3) is 0 Å². The van der Waals surface area contributed by atoms with E-state index < -0.39 is 0 Å². The zero-order chi connectivity index (χ0) is 8.81. The molecule has 1 aromatic carbocycles. The van der Waals surface area contributed by atoms with E-state index in [4.69, 9.17) is 15.2 Å². The van der Waals surface area contributed by atoms with Gasteiger partial charge in [0.1, 0.15) is 18.1 Å². The standard InChI is InChI=1S/C9H13NO2/c1-11-8-3-2-4-9(7-8)12-6-5-10/h2-4,7H,5-6,10H2,1H3. The van der Waals surface area contributed by atoms with E-state index in [0.29, 0.717) is 13.2 Å². The Morgan fingerprint density at radius 3 is 2.75 bits per heavy atom. The van der Waals surface area contributed by atoms with E-state index >= 15 is 0 Å². The van der Waals surface area contributed by atoms with Crippen molar-refractivity contribution in [2.24, 2.45) is 5.73 Å². The summed E-state index contributed by atoms with van der Waals surface area (Å²) in [5, 5.41) is 0. The van der Waals surface area contributed by atoms with Crippen molar-refractivity contribution >= 4 is 0 Å². The Hall–Kier alpha value is -1.22. The summed E-state index contributed by atoms with van der Waals surface area (Å²) < 4.78 is 10.3. The van der Waals surface area contributed by atoms with Gasteiger partial charge < -0.3 is 15.2 Å². The van der Waals surface area contributed by atoms with Gasteiger partial charge in [-0.25, -0.2) is 0 Å². The van der Waals surface area contributed by atoms with E-state index in [0.717, 1.165) is 11.5 Å². The van der Waals surface area contributed by atoms with Gasteiger partial charge in [-0.2, -0.15) is 0 Å². The largest absolute Gasteiger partial charge is 0.497 e. The zero-order valence-electron chi connectivity index (χ0n) is 7.12. The maximum Gasteiger partial charge on any atom is 0.123 e. The first-order valence-corrected chi connectivity index (χ1v) is 3.83. The number of ether oxygens (including phenoxy) is 2. The van der Waals surface area contributed by atoms with Crippen LogP contribution in [-0.4, -0.2) is 20.3 Å². The van der Waals surface area contributed by atoms with Gasteiger partial charge in [0, 0.05) is 12.6 Å². The van der Waals surface area contributed by atoms with Crippen LogP contribution in [0.2, 0.25) is 0 Å². The maximum absolute atomic E-state index is 5.29. The highest BCUT2D eigenvalue weighted by Gasteiger charge is 1.94. The average molecular weight is 167 g/mol. The highest BCUT2D eigenvalue weighted by molar-refractivity contribution is 5.32. The fourth-order valence-electron chi connectivity index (χ4n) is 0.868. The second kappa shape index (κ2) is 4.62. The molecule has 12 heavy (non-hydrogen) atoms. The van der Waals surface area contributed by atoms with Crippen LogP contribution in [0.15, 0.2) is 24.3 Å². The summed E-state index contributed by atoms with van der Waals surface area (Å²) in [6.07, 6.45) is 0. The van der Waals surface area contributed by atoms with Gasteiger partial charge in [-0.1, -0.05) is 6.07 Å². The molecule has 0 aliphatic rings. The third-order valence-electron chi connectivity index (χ3n) is 1.43. The molecule has 66 valence electrons. The topological polar surface area (TPSA) is 44.5 Å². The predicted octanol–water partition coefficient (Wildman–Crippen LogP) is 1.03. The minimum Gasteiger partial charge on any atom is -0.497 e. The lowest BCUT2D eigenvalue weighted by Crippen LogP contribution is -2.10. The van der Waals surface area contributed by atoms with E-state index in [9.17, 15) is 0 Å². The fourth-order valence-corrected chi connectivity index (χ4v) is 0.868.